The number of anilines is 1. The number of rotatable bonds is 9. The second kappa shape index (κ2) is 12.2. The van der Waals surface area contributed by atoms with Crippen LogP contribution in [-0.4, -0.2) is 40.9 Å². The maximum absolute atomic E-state index is 13.8. The summed E-state index contributed by atoms with van der Waals surface area (Å²) in [6, 6.07) is 16.7. The molecule has 2 N–H and O–H groups in total. The van der Waals surface area contributed by atoms with Crippen molar-refractivity contribution in [3.63, 3.8) is 0 Å². The number of nitrogens with zero attached hydrogens (tertiary/aromatic N) is 2. The van der Waals surface area contributed by atoms with E-state index in [0.717, 1.165) is 24.8 Å². The Bertz CT molecular complexity index is 1350. The Kier molecular flexibility index (Phi) is 8.73. The van der Waals surface area contributed by atoms with E-state index in [2.05, 4.69) is 22.8 Å². The smallest absolute Gasteiger partial charge is 0.275 e. The Balaban J connectivity index is 1.72. The summed E-state index contributed by atoms with van der Waals surface area (Å²) < 4.78 is 15.0. The molecule has 0 saturated heterocycles. The molecule has 0 fully saturated rings. The molecule has 2 amide bonds. The van der Waals surface area contributed by atoms with Gasteiger partial charge >= 0.3 is 0 Å². The average Bonchev–Trinajstić information content (AvgIpc) is 2.93. The minimum atomic E-state index is -0.487. The molecule has 0 saturated carbocycles. The van der Waals surface area contributed by atoms with Crippen LogP contribution in [0.3, 0.4) is 0 Å². The van der Waals surface area contributed by atoms with Gasteiger partial charge in [-0.15, -0.1) is 0 Å². The molecule has 4 rings (SSSR count). The quantitative estimate of drug-likeness (QED) is 0.437. The molecule has 2 atom stereocenters. The van der Waals surface area contributed by atoms with Crippen molar-refractivity contribution in [2.24, 2.45) is 0 Å². The fourth-order valence-electron chi connectivity index (χ4n) is 5.29. The van der Waals surface area contributed by atoms with E-state index in [4.69, 9.17) is 0 Å². The SMILES string of the molecule is CCC(NC)C(=O)Nc1ccc(-c2ccc(F)cc2)n(CC(=O)N(CC)[C@H]2CCCc3ccccc32)c1=O. The van der Waals surface area contributed by atoms with Gasteiger partial charge in [0.2, 0.25) is 11.8 Å². The van der Waals surface area contributed by atoms with Crippen LogP contribution in [0, 0.1) is 5.82 Å². The second-order valence-corrected chi connectivity index (χ2v) is 9.56. The number of aromatic nitrogens is 1. The molecular weight excluding hydrogens is 483 g/mol. The minimum Gasteiger partial charge on any atom is -0.334 e. The molecule has 0 aliphatic heterocycles. The van der Waals surface area contributed by atoms with Gasteiger partial charge in [-0.3, -0.25) is 19.0 Å². The number of carbonyl (C=O) groups is 2. The lowest BCUT2D eigenvalue weighted by molar-refractivity contribution is -0.134. The van der Waals surface area contributed by atoms with Crippen molar-refractivity contribution in [2.45, 2.75) is 58.2 Å². The molecule has 1 aliphatic carbocycles. The lowest BCUT2D eigenvalue weighted by Gasteiger charge is -2.35. The summed E-state index contributed by atoms with van der Waals surface area (Å²) >= 11 is 0. The van der Waals surface area contributed by atoms with E-state index in [9.17, 15) is 18.8 Å². The van der Waals surface area contributed by atoms with Crippen LogP contribution in [0.25, 0.3) is 11.3 Å². The maximum Gasteiger partial charge on any atom is 0.275 e. The lowest BCUT2D eigenvalue weighted by Crippen LogP contribution is -2.42. The third kappa shape index (κ3) is 5.70. The largest absolute Gasteiger partial charge is 0.334 e. The fourth-order valence-corrected chi connectivity index (χ4v) is 5.29. The molecule has 200 valence electrons. The normalized spacial score (nSPS) is 15.4. The topological polar surface area (TPSA) is 83.4 Å². The third-order valence-corrected chi connectivity index (χ3v) is 7.31. The van der Waals surface area contributed by atoms with Crippen LogP contribution in [-0.2, 0) is 22.6 Å². The number of carbonyl (C=O) groups excluding carboxylic acids is 2. The Hall–Kier alpha value is -3.78. The molecule has 1 heterocycles. The maximum atomic E-state index is 13.8. The second-order valence-electron chi connectivity index (χ2n) is 9.56. The van der Waals surface area contributed by atoms with Crippen LogP contribution in [0.1, 0.15) is 50.3 Å². The van der Waals surface area contributed by atoms with Crippen molar-refractivity contribution in [1.29, 1.82) is 0 Å². The molecular formula is C30H35FN4O3. The van der Waals surface area contributed by atoms with Crippen molar-refractivity contribution < 1.29 is 14.0 Å². The molecule has 2 aromatic carbocycles. The first kappa shape index (κ1) is 27.3. The van der Waals surface area contributed by atoms with Crippen LogP contribution in [0.2, 0.25) is 0 Å². The van der Waals surface area contributed by atoms with E-state index < -0.39 is 17.4 Å². The van der Waals surface area contributed by atoms with Crippen molar-refractivity contribution >= 4 is 17.5 Å². The number of hydrogen-bond donors (Lipinski definition) is 2. The number of amides is 2. The highest BCUT2D eigenvalue weighted by molar-refractivity contribution is 5.94. The van der Waals surface area contributed by atoms with E-state index in [1.807, 2.05) is 30.9 Å². The molecule has 1 aromatic heterocycles. The first-order valence-electron chi connectivity index (χ1n) is 13.2. The number of likely N-dealkylation sites (N-methyl/N-ethyl adjacent to an activating group) is 2. The summed E-state index contributed by atoms with van der Waals surface area (Å²) in [4.78, 5) is 42.0. The molecule has 1 unspecified atom stereocenters. The number of hydrogen-bond acceptors (Lipinski definition) is 4. The monoisotopic (exact) mass is 518 g/mol. The molecule has 38 heavy (non-hydrogen) atoms. The van der Waals surface area contributed by atoms with Gasteiger partial charge in [0.25, 0.3) is 5.56 Å². The van der Waals surface area contributed by atoms with Gasteiger partial charge < -0.3 is 15.5 Å². The van der Waals surface area contributed by atoms with Gasteiger partial charge in [-0.2, -0.15) is 0 Å². The Labute approximate surface area is 222 Å². The highest BCUT2D eigenvalue weighted by Gasteiger charge is 2.29. The summed E-state index contributed by atoms with van der Waals surface area (Å²) in [5.41, 5.74) is 3.08. The van der Waals surface area contributed by atoms with E-state index in [1.165, 1.54) is 28.3 Å². The van der Waals surface area contributed by atoms with Gasteiger partial charge in [0.05, 0.1) is 17.8 Å². The van der Waals surface area contributed by atoms with E-state index >= 15 is 0 Å². The summed E-state index contributed by atoms with van der Waals surface area (Å²) in [6.07, 6.45) is 3.38. The van der Waals surface area contributed by atoms with E-state index in [0.29, 0.717) is 24.2 Å². The third-order valence-electron chi connectivity index (χ3n) is 7.31. The van der Waals surface area contributed by atoms with Crippen LogP contribution < -0.4 is 16.2 Å². The molecule has 1 aliphatic rings. The first-order chi connectivity index (χ1) is 18.4. The fraction of sp³-hybridized carbons (Fsp3) is 0.367. The standard InChI is InChI=1S/C30H35FN4O3/c1-4-24(32-3)29(37)33-25-17-18-26(21-13-15-22(31)16-14-21)35(30(25)38)19-28(36)34(5-2)27-12-8-10-20-9-6-7-11-23(20)27/h6-7,9,11,13-18,24,27,32H,4-5,8,10,12,19H2,1-3H3,(H,33,37)/t24?,27-/m0/s1. The zero-order valence-electron chi connectivity index (χ0n) is 22.2. The van der Waals surface area contributed by atoms with Crippen LogP contribution in [0.4, 0.5) is 10.1 Å². The molecule has 0 radical (unpaired) electrons. The minimum absolute atomic E-state index is 0.0637. The van der Waals surface area contributed by atoms with Crippen molar-refractivity contribution in [1.82, 2.24) is 14.8 Å². The number of halogens is 1. The highest BCUT2D eigenvalue weighted by atomic mass is 19.1. The van der Waals surface area contributed by atoms with Gasteiger partial charge in [0.1, 0.15) is 18.0 Å². The molecule has 7 nitrogen and oxygen atoms in total. The Morgan fingerprint density at radius 3 is 2.50 bits per heavy atom. The Morgan fingerprint density at radius 2 is 1.82 bits per heavy atom. The van der Waals surface area contributed by atoms with E-state index in [1.54, 1.807) is 25.2 Å². The molecule has 0 bridgehead atoms. The Morgan fingerprint density at radius 1 is 1.08 bits per heavy atom. The first-order valence-corrected chi connectivity index (χ1v) is 13.2. The van der Waals surface area contributed by atoms with Crippen LogP contribution in [0.5, 0.6) is 0 Å². The zero-order valence-corrected chi connectivity index (χ0v) is 22.2. The molecule has 3 aromatic rings. The predicted octanol–water partition coefficient (Wildman–Crippen LogP) is 4.52. The predicted molar refractivity (Wildman–Crippen MR) is 147 cm³/mol. The molecule has 0 spiro atoms. The number of aryl methyl sites for hydroxylation is 1. The van der Waals surface area contributed by atoms with E-state index in [-0.39, 0.29) is 30.1 Å². The summed E-state index contributed by atoms with van der Waals surface area (Å²) in [5.74, 6) is -0.910. The van der Waals surface area contributed by atoms with Gasteiger partial charge in [-0.25, -0.2) is 4.39 Å². The molecule has 8 heteroatoms. The summed E-state index contributed by atoms with van der Waals surface area (Å²) in [7, 11) is 1.69. The number of benzene rings is 2. The average molecular weight is 519 g/mol. The van der Waals surface area contributed by atoms with Crippen molar-refractivity contribution in [3.05, 3.63) is 88.0 Å². The van der Waals surface area contributed by atoms with Gasteiger partial charge in [-0.05, 0) is 92.7 Å². The summed E-state index contributed by atoms with van der Waals surface area (Å²) in [5, 5.41) is 5.64. The lowest BCUT2D eigenvalue weighted by atomic mass is 9.86. The number of fused-ring (bicyclic) bond motifs is 1. The van der Waals surface area contributed by atoms with Crippen molar-refractivity contribution in [3.8, 4) is 11.3 Å². The van der Waals surface area contributed by atoms with Gasteiger partial charge in [-0.1, -0.05) is 31.2 Å². The number of pyridine rings is 1. The summed E-state index contributed by atoms with van der Waals surface area (Å²) in [6.45, 7) is 4.11. The highest BCUT2D eigenvalue weighted by Crippen LogP contribution is 2.34. The number of nitrogens with one attached hydrogen (secondary N) is 2. The van der Waals surface area contributed by atoms with Gasteiger partial charge in [0.15, 0.2) is 0 Å². The zero-order chi connectivity index (χ0) is 27.2. The van der Waals surface area contributed by atoms with Crippen molar-refractivity contribution in [2.75, 3.05) is 18.9 Å². The van der Waals surface area contributed by atoms with Crippen LogP contribution in [0.15, 0.2) is 65.5 Å². The van der Waals surface area contributed by atoms with Crippen LogP contribution >= 0.6 is 0 Å². The van der Waals surface area contributed by atoms with Gasteiger partial charge in [0, 0.05) is 6.54 Å².